The molecular formula is C16H22O4S. The van der Waals surface area contributed by atoms with Crippen LogP contribution in [-0.2, 0) is 20.9 Å². The third kappa shape index (κ3) is 5.42. The minimum atomic E-state index is -1.53. The van der Waals surface area contributed by atoms with Crippen molar-refractivity contribution in [2.75, 3.05) is 5.75 Å². The molecule has 0 radical (unpaired) electrons. The minimum Gasteiger partial charge on any atom is -0.480 e. The molecule has 5 heteroatoms. The van der Waals surface area contributed by atoms with Crippen LogP contribution in [0, 0.1) is 5.41 Å². The maximum Gasteiger partial charge on any atom is 0.324 e. The van der Waals surface area contributed by atoms with Crippen molar-refractivity contribution < 1.29 is 19.4 Å². The Bertz CT molecular complexity index is 493. The Balaban J connectivity index is 2.71. The molecule has 0 heterocycles. The molecule has 116 valence electrons. The number of ether oxygens (including phenoxy) is 1. The van der Waals surface area contributed by atoms with Crippen LogP contribution in [0.15, 0.2) is 30.3 Å². The summed E-state index contributed by atoms with van der Waals surface area (Å²) in [5.41, 5.74) is -0.700. The summed E-state index contributed by atoms with van der Waals surface area (Å²) in [6, 6.07) is 9.21. The summed E-state index contributed by atoms with van der Waals surface area (Å²) in [5, 5.41) is 9.38. The van der Waals surface area contributed by atoms with Gasteiger partial charge in [0, 0.05) is 10.5 Å². The van der Waals surface area contributed by atoms with Crippen LogP contribution >= 0.6 is 11.8 Å². The smallest absolute Gasteiger partial charge is 0.324 e. The van der Waals surface area contributed by atoms with Crippen molar-refractivity contribution in [1.29, 1.82) is 0 Å². The normalized spacial score (nSPS) is 14.3. The molecule has 1 aromatic rings. The lowest BCUT2D eigenvalue weighted by Crippen LogP contribution is -2.41. The predicted molar refractivity (Wildman–Crippen MR) is 84.2 cm³/mol. The number of carbonyl (C=O) groups is 2. The quantitative estimate of drug-likeness (QED) is 0.645. The molecule has 0 aliphatic rings. The molecule has 0 spiro atoms. The van der Waals surface area contributed by atoms with Gasteiger partial charge in [0.2, 0.25) is 0 Å². The Kier molecular flexibility index (Phi) is 5.84. The van der Waals surface area contributed by atoms with Gasteiger partial charge in [-0.1, -0.05) is 51.1 Å². The van der Waals surface area contributed by atoms with Gasteiger partial charge in [0.1, 0.15) is 6.61 Å². The second-order valence-electron chi connectivity index (χ2n) is 6.10. The van der Waals surface area contributed by atoms with Crippen LogP contribution in [0.5, 0.6) is 0 Å². The van der Waals surface area contributed by atoms with Crippen LogP contribution in [0.2, 0.25) is 0 Å². The van der Waals surface area contributed by atoms with Crippen molar-refractivity contribution >= 4 is 23.7 Å². The van der Waals surface area contributed by atoms with E-state index in [1.54, 1.807) is 0 Å². The monoisotopic (exact) mass is 310 g/mol. The van der Waals surface area contributed by atoms with Crippen molar-refractivity contribution in [3.05, 3.63) is 35.9 Å². The van der Waals surface area contributed by atoms with E-state index in [4.69, 9.17) is 4.74 Å². The Labute approximate surface area is 129 Å². The molecule has 1 N–H and O–H groups in total. The van der Waals surface area contributed by atoms with E-state index >= 15 is 0 Å². The molecule has 21 heavy (non-hydrogen) atoms. The summed E-state index contributed by atoms with van der Waals surface area (Å²) in [6.07, 6.45) is 0. The molecule has 1 rings (SSSR count). The zero-order valence-corrected chi connectivity index (χ0v) is 13.7. The molecule has 0 aromatic heterocycles. The number of esters is 1. The second-order valence-corrected chi connectivity index (χ2v) is 7.90. The van der Waals surface area contributed by atoms with Gasteiger partial charge < -0.3 is 9.84 Å². The summed E-state index contributed by atoms with van der Waals surface area (Å²) in [5.74, 6) is -1.67. The zero-order chi connectivity index (χ0) is 16.1. The van der Waals surface area contributed by atoms with Crippen molar-refractivity contribution in [2.45, 2.75) is 39.0 Å². The standard InChI is InChI=1S/C16H22O4S/c1-15(2,3)21-11-16(4,13(17)18)14(19)20-10-12-8-6-5-7-9-12/h5-9H,10-11H2,1-4H3,(H,17,18)/t16-/m0/s1. The van der Waals surface area contributed by atoms with Gasteiger partial charge in [0.05, 0.1) is 0 Å². The van der Waals surface area contributed by atoms with Gasteiger partial charge in [-0.05, 0) is 12.5 Å². The van der Waals surface area contributed by atoms with Crippen LogP contribution in [0.4, 0.5) is 0 Å². The third-order valence-electron chi connectivity index (χ3n) is 2.93. The highest BCUT2D eigenvalue weighted by atomic mass is 32.2. The highest BCUT2D eigenvalue weighted by Crippen LogP contribution is 2.32. The fourth-order valence-electron chi connectivity index (χ4n) is 1.45. The number of carbonyl (C=O) groups excluding carboxylic acids is 1. The van der Waals surface area contributed by atoms with E-state index in [1.807, 2.05) is 51.1 Å². The number of carboxylic acids is 1. The van der Waals surface area contributed by atoms with Gasteiger partial charge in [0.15, 0.2) is 5.41 Å². The lowest BCUT2D eigenvalue weighted by atomic mass is 9.94. The van der Waals surface area contributed by atoms with E-state index in [0.717, 1.165) is 5.56 Å². The van der Waals surface area contributed by atoms with E-state index in [2.05, 4.69) is 0 Å². The van der Waals surface area contributed by atoms with Crippen molar-refractivity contribution in [1.82, 2.24) is 0 Å². The Hall–Kier alpha value is -1.49. The van der Waals surface area contributed by atoms with E-state index in [9.17, 15) is 14.7 Å². The second kappa shape index (κ2) is 6.98. The van der Waals surface area contributed by atoms with Gasteiger partial charge in [-0.15, -0.1) is 0 Å². The fourth-order valence-corrected chi connectivity index (χ4v) is 2.41. The molecule has 0 aliphatic carbocycles. The lowest BCUT2D eigenvalue weighted by molar-refractivity contribution is -0.166. The van der Waals surface area contributed by atoms with Crippen molar-refractivity contribution in [2.24, 2.45) is 5.41 Å². The molecule has 0 fully saturated rings. The number of aliphatic carboxylic acids is 1. The van der Waals surface area contributed by atoms with Crippen LogP contribution in [0.1, 0.15) is 33.3 Å². The average molecular weight is 310 g/mol. The van der Waals surface area contributed by atoms with Crippen molar-refractivity contribution in [3.63, 3.8) is 0 Å². The van der Waals surface area contributed by atoms with Crippen LogP contribution < -0.4 is 0 Å². The van der Waals surface area contributed by atoms with E-state index in [0.29, 0.717) is 0 Å². The summed E-state index contributed by atoms with van der Waals surface area (Å²) in [6.45, 7) is 7.45. The van der Waals surface area contributed by atoms with E-state index in [1.165, 1.54) is 18.7 Å². The zero-order valence-electron chi connectivity index (χ0n) is 12.9. The molecule has 0 unspecified atom stereocenters. The molecular weight excluding hydrogens is 288 g/mol. The van der Waals surface area contributed by atoms with Crippen LogP contribution in [0.3, 0.4) is 0 Å². The molecule has 0 bridgehead atoms. The molecule has 0 saturated carbocycles. The SMILES string of the molecule is CC(C)(C)SC[C@@](C)(C(=O)O)C(=O)OCc1ccccc1. The first-order chi connectivity index (χ1) is 9.65. The van der Waals surface area contributed by atoms with E-state index in [-0.39, 0.29) is 17.1 Å². The number of rotatable bonds is 6. The van der Waals surface area contributed by atoms with Gasteiger partial charge in [-0.3, -0.25) is 9.59 Å². The lowest BCUT2D eigenvalue weighted by Gasteiger charge is -2.26. The largest absolute Gasteiger partial charge is 0.480 e. The molecule has 0 saturated heterocycles. The highest BCUT2D eigenvalue weighted by Gasteiger charge is 2.44. The summed E-state index contributed by atoms with van der Waals surface area (Å²) in [4.78, 5) is 23.7. The third-order valence-corrected chi connectivity index (χ3v) is 4.52. The molecule has 0 amide bonds. The Morgan fingerprint density at radius 3 is 2.19 bits per heavy atom. The first-order valence-corrected chi connectivity index (χ1v) is 7.72. The first-order valence-electron chi connectivity index (χ1n) is 6.74. The maximum absolute atomic E-state index is 12.2. The average Bonchev–Trinajstić information content (AvgIpc) is 2.42. The number of hydrogen-bond acceptors (Lipinski definition) is 4. The Morgan fingerprint density at radius 1 is 1.14 bits per heavy atom. The number of hydrogen-bond donors (Lipinski definition) is 1. The molecule has 1 atom stereocenters. The highest BCUT2D eigenvalue weighted by molar-refractivity contribution is 8.00. The summed E-state index contributed by atoms with van der Waals surface area (Å²) >= 11 is 1.44. The molecule has 0 aliphatic heterocycles. The van der Waals surface area contributed by atoms with E-state index < -0.39 is 17.4 Å². The van der Waals surface area contributed by atoms with Crippen LogP contribution in [0.25, 0.3) is 0 Å². The van der Waals surface area contributed by atoms with Gasteiger partial charge >= 0.3 is 11.9 Å². The van der Waals surface area contributed by atoms with Crippen molar-refractivity contribution in [3.8, 4) is 0 Å². The Morgan fingerprint density at radius 2 is 1.71 bits per heavy atom. The predicted octanol–water partition coefficient (Wildman–Crippen LogP) is 3.35. The maximum atomic E-state index is 12.2. The summed E-state index contributed by atoms with van der Waals surface area (Å²) < 4.78 is 5.07. The summed E-state index contributed by atoms with van der Waals surface area (Å²) in [7, 11) is 0. The van der Waals surface area contributed by atoms with Gasteiger partial charge in [-0.25, -0.2) is 0 Å². The first kappa shape index (κ1) is 17.6. The number of carboxylic acid groups (broad SMARTS) is 1. The minimum absolute atomic E-state index is 0.0860. The van der Waals surface area contributed by atoms with Gasteiger partial charge in [0.25, 0.3) is 0 Å². The molecule has 4 nitrogen and oxygen atoms in total. The van der Waals surface area contributed by atoms with Gasteiger partial charge in [-0.2, -0.15) is 11.8 Å². The van der Waals surface area contributed by atoms with Crippen LogP contribution in [-0.4, -0.2) is 27.5 Å². The number of benzene rings is 1. The molecule has 1 aromatic carbocycles. The fraction of sp³-hybridized carbons (Fsp3) is 0.500. The number of thioether (sulfide) groups is 1. The topological polar surface area (TPSA) is 63.6 Å².